The number of para-hydroxylation sites is 2. The third-order valence-electron chi connectivity index (χ3n) is 1.51. The topological polar surface area (TPSA) is 40.5 Å². The number of phenols is 2. The second-order valence-corrected chi connectivity index (χ2v) is 2.67. The van der Waals surface area contributed by atoms with E-state index in [4.69, 9.17) is 10.2 Å². The van der Waals surface area contributed by atoms with Gasteiger partial charge in [0.1, 0.15) is 11.5 Å². The van der Waals surface area contributed by atoms with E-state index in [1.54, 1.807) is 48.5 Å². The Kier molecular flexibility index (Phi) is 4.08. The smallest absolute Gasteiger partial charge is 0.508 e. The second-order valence-electron chi connectivity index (χ2n) is 2.67. The van der Waals surface area contributed by atoms with Crippen LogP contribution in [0.25, 0.3) is 0 Å². The van der Waals surface area contributed by atoms with Gasteiger partial charge in [-0.3, -0.25) is 0 Å². The average molecular weight is 189 g/mol. The lowest BCUT2D eigenvalue weighted by atomic mass is 10.3. The Balaban J connectivity index is 0.000000245. The van der Waals surface area contributed by atoms with E-state index < -0.39 is 0 Å². The largest absolute Gasteiger partial charge is 1.00 e. The first kappa shape index (κ1) is 10.1. The van der Waals surface area contributed by atoms with Crippen molar-refractivity contribution in [1.82, 2.24) is 0 Å². The van der Waals surface area contributed by atoms with Crippen molar-refractivity contribution in [2.45, 2.75) is 0 Å². The molecular formula is C12H13O2+. The van der Waals surface area contributed by atoms with Gasteiger partial charge in [0, 0.05) is 0 Å². The maximum absolute atomic E-state index is 8.63. The van der Waals surface area contributed by atoms with Gasteiger partial charge in [-0.15, -0.1) is 0 Å². The van der Waals surface area contributed by atoms with E-state index in [0.29, 0.717) is 11.5 Å². The first-order valence-corrected chi connectivity index (χ1v) is 4.27. The molecule has 14 heavy (non-hydrogen) atoms. The summed E-state index contributed by atoms with van der Waals surface area (Å²) in [4.78, 5) is 0. The van der Waals surface area contributed by atoms with E-state index in [9.17, 15) is 0 Å². The molecule has 72 valence electrons. The van der Waals surface area contributed by atoms with Crippen molar-refractivity contribution in [2.75, 3.05) is 0 Å². The molecule has 0 unspecified atom stereocenters. The van der Waals surface area contributed by atoms with Gasteiger partial charge >= 0.3 is 1.43 Å². The van der Waals surface area contributed by atoms with Crippen LogP contribution in [0.4, 0.5) is 0 Å². The van der Waals surface area contributed by atoms with E-state index in [1.165, 1.54) is 0 Å². The van der Waals surface area contributed by atoms with E-state index in [2.05, 4.69) is 0 Å². The Hall–Kier alpha value is -1.96. The molecule has 0 fully saturated rings. The minimum Gasteiger partial charge on any atom is -0.508 e. The van der Waals surface area contributed by atoms with Crippen molar-refractivity contribution in [1.29, 1.82) is 0 Å². The maximum Gasteiger partial charge on any atom is 1.00 e. The molecule has 2 aromatic carbocycles. The molecular weight excluding hydrogens is 176 g/mol. The Bertz CT molecular complexity index is 311. The van der Waals surface area contributed by atoms with Gasteiger partial charge in [0.05, 0.1) is 0 Å². The van der Waals surface area contributed by atoms with Crippen LogP contribution < -0.4 is 0 Å². The normalized spacial score (nSPS) is 8.57. The van der Waals surface area contributed by atoms with Crippen LogP contribution in [0, 0.1) is 0 Å². The van der Waals surface area contributed by atoms with Crippen LogP contribution in [0.5, 0.6) is 11.5 Å². The number of aromatic hydroxyl groups is 2. The van der Waals surface area contributed by atoms with E-state index >= 15 is 0 Å². The fourth-order valence-electron chi connectivity index (χ4n) is 0.856. The fourth-order valence-corrected chi connectivity index (χ4v) is 0.856. The monoisotopic (exact) mass is 189 g/mol. The summed E-state index contributed by atoms with van der Waals surface area (Å²) in [5.74, 6) is 0.644. The summed E-state index contributed by atoms with van der Waals surface area (Å²) >= 11 is 0. The molecule has 2 heteroatoms. The summed E-state index contributed by atoms with van der Waals surface area (Å²) < 4.78 is 0. The van der Waals surface area contributed by atoms with Gasteiger partial charge in [-0.05, 0) is 24.3 Å². The lowest BCUT2D eigenvalue weighted by Gasteiger charge is -1.82. The molecule has 0 heterocycles. The zero-order valence-electron chi connectivity index (χ0n) is 8.67. The fraction of sp³-hybridized carbons (Fsp3) is 0. The lowest BCUT2D eigenvalue weighted by Crippen LogP contribution is -1.56. The van der Waals surface area contributed by atoms with E-state index in [1.807, 2.05) is 12.1 Å². The number of hydrogen-bond acceptors (Lipinski definition) is 2. The minimum absolute atomic E-state index is 0. The molecule has 0 aliphatic rings. The Morgan fingerprint density at radius 1 is 0.571 bits per heavy atom. The van der Waals surface area contributed by atoms with Crippen LogP contribution in [0.15, 0.2) is 60.7 Å². The van der Waals surface area contributed by atoms with Gasteiger partial charge in [-0.2, -0.15) is 0 Å². The molecule has 0 saturated heterocycles. The third-order valence-corrected chi connectivity index (χ3v) is 1.51. The molecule has 2 rings (SSSR count). The molecule has 0 radical (unpaired) electrons. The van der Waals surface area contributed by atoms with Gasteiger partial charge in [-0.25, -0.2) is 0 Å². The Morgan fingerprint density at radius 3 is 1.00 bits per heavy atom. The van der Waals surface area contributed by atoms with E-state index in [-0.39, 0.29) is 1.43 Å². The lowest BCUT2D eigenvalue weighted by molar-refractivity contribution is 0.475. The predicted octanol–water partition coefficient (Wildman–Crippen LogP) is 2.90. The number of rotatable bonds is 0. The van der Waals surface area contributed by atoms with Crippen molar-refractivity contribution < 1.29 is 11.6 Å². The zero-order chi connectivity index (χ0) is 10.2. The summed E-state index contributed by atoms with van der Waals surface area (Å²) in [5.41, 5.74) is 0. The van der Waals surface area contributed by atoms with Crippen molar-refractivity contribution >= 4 is 0 Å². The zero-order valence-corrected chi connectivity index (χ0v) is 7.67. The highest BCUT2D eigenvalue weighted by Gasteiger charge is 1.75. The molecule has 0 atom stereocenters. The summed E-state index contributed by atoms with van der Waals surface area (Å²) in [6.45, 7) is 0. The maximum atomic E-state index is 8.63. The van der Waals surface area contributed by atoms with Gasteiger partial charge in [0.2, 0.25) is 0 Å². The number of phenolic OH excluding ortho intramolecular Hbond substituents is 2. The Labute approximate surface area is 84.6 Å². The van der Waals surface area contributed by atoms with Gasteiger partial charge in [0.15, 0.2) is 0 Å². The number of benzene rings is 2. The first-order valence-electron chi connectivity index (χ1n) is 4.27. The molecule has 0 aliphatic carbocycles. The van der Waals surface area contributed by atoms with Crippen LogP contribution in [-0.2, 0) is 0 Å². The third kappa shape index (κ3) is 4.16. The molecule has 0 spiro atoms. The van der Waals surface area contributed by atoms with Gasteiger partial charge in [-0.1, -0.05) is 36.4 Å². The van der Waals surface area contributed by atoms with Crippen LogP contribution >= 0.6 is 0 Å². The highest BCUT2D eigenvalue weighted by Crippen LogP contribution is 2.03. The molecule has 0 saturated carbocycles. The first-order chi connectivity index (χ1) is 6.79. The predicted molar refractivity (Wildman–Crippen MR) is 57.3 cm³/mol. The summed E-state index contributed by atoms with van der Waals surface area (Å²) in [5, 5.41) is 17.3. The molecule has 0 bridgehead atoms. The molecule has 0 aromatic heterocycles. The SMILES string of the molecule is Oc1ccccc1.Oc1ccccc1.[H+]. The van der Waals surface area contributed by atoms with Crippen molar-refractivity contribution in [3.8, 4) is 11.5 Å². The van der Waals surface area contributed by atoms with Gasteiger partial charge < -0.3 is 10.2 Å². The quantitative estimate of drug-likeness (QED) is 0.669. The van der Waals surface area contributed by atoms with Crippen molar-refractivity contribution in [3.05, 3.63) is 60.7 Å². The van der Waals surface area contributed by atoms with Crippen molar-refractivity contribution in [3.63, 3.8) is 0 Å². The highest BCUT2D eigenvalue weighted by atomic mass is 16.3. The van der Waals surface area contributed by atoms with Crippen LogP contribution in [-0.4, -0.2) is 10.2 Å². The molecule has 2 nitrogen and oxygen atoms in total. The number of hydrogen-bond donors (Lipinski definition) is 2. The highest BCUT2D eigenvalue weighted by molar-refractivity contribution is 5.19. The molecule has 2 N–H and O–H groups in total. The van der Waals surface area contributed by atoms with Crippen LogP contribution in [0.1, 0.15) is 1.43 Å². The Morgan fingerprint density at radius 2 is 0.857 bits per heavy atom. The average Bonchev–Trinajstić information content (AvgIpc) is 2.21. The summed E-state index contributed by atoms with van der Waals surface area (Å²) in [6, 6.07) is 17.4. The summed E-state index contributed by atoms with van der Waals surface area (Å²) in [7, 11) is 0. The van der Waals surface area contributed by atoms with Gasteiger partial charge in [0.25, 0.3) is 0 Å². The second kappa shape index (κ2) is 5.65. The summed E-state index contributed by atoms with van der Waals surface area (Å²) in [6.07, 6.45) is 0. The van der Waals surface area contributed by atoms with Crippen LogP contribution in [0.3, 0.4) is 0 Å². The van der Waals surface area contributed by atoms with Crippen LogP contribution in [0.2, 0.25) is 0 Å². The molecule has 2 aromatic rings. The molecule has 0 aliphatic heterocycles. The van der Waals surface area contributed by atoms with E-state index in [0.717, 1.165) is 0 Å². The molecule has 0 amide bonds. The van der Waals surface area contributed by atoms with Crippen molar-refractivity contribution in [2.24, 2.45) is 0 Å². The minimum atomic E-state index is 0. The standard InChI is InChI=1S/2C6H6O/c2*7-6-4-2-1-3-5-6/h2*1-5,7H/p+1.